The summed E-state index contributed by atoms with van der Waals surface area (Å²) in [5.41, 5.74) is 7.20. The summed E-state index contributed by atoms with van der Waals surface area (Å²) in [5, 5.41) is 10.2. The van der Waals surface area contributed by atoms with Gasteiger partial charge in [0.15, 0.2) is 12.3 Å². The Labute approximate surface area is 197 Å². The number of nitrogens with zero attached hydrogens (tertiary/aromatic N) is 2. The molecule has 2 amide bonds. The van der Waals surface area contributed by atoms with Crippen LogP contribution in [0.15, 0.2) is 66.0 Å². The van der Waals surface area contributed by atoms with E-state index in [1.807, 2.05) is 17.5 Å². The fourth-order valence-corrected chi connectivity index (χ4v) is 4.18. The van der Waals surface area contributed by atoms with E-state index in [2.05, 4.69) is 10.4 Å². The number of halogens is 2. The summed E-state index contributed by atoms with van der Waals surface area (Å²) in [5.74, 6) is -0.495. The number of carbonyl (C=O) groups is 2. The zero-order chi connectivity index (χ0) is 22.7. The molecular formula is C22H16Cl2N4O3S. The predicted octanol–water partition coefficient (Wildman–Crippen LogP) is 5.02. The van der Waals surface area contributed by atoms with Crippen molar-refractivity contribution in [2.45, 2.75) is 0 Å². The molecule has 162 valence electrons. The van der Waals surface area contributed by atoms with Gasteiger partial charge in [0.2, 0.25) is 0 Å². The van der Waals surface area contributed by atoms with E-state index in [0.717, 1.165) is 10.6 Å². The van der Waals surface area contributed by atoms with Crippen molar-refractivity contribution in [3.05, 3.63) is 81.8 Å². The van der Waals surface area contributed by atoms with Crippen molar-refractivity contribution in [3.63, 3.8) is 0 Å². The second-order valence-electron chi connectivity index (χ2n) is 6.67. The van der Waals surface area contributed by atoms with Gasteiger partial charge in [0, 0.05) is 15.7 Å². The van der Waals surface area contributed by atoms with Crippen LogP contribution in [0.2, 0.25) is 10.0 Å². The third-order valence-electron chi connectivity index (χ3n) is 4.30. The van der Waals surface area contributed by atoms with Gasteiger partial charge in [0.05, 0.1) is 16.3 Å². The Morgan fingerprint density at radius 1 is 1.06 bits per heavy atom. The van der Waals surface area contributed by atoms with E-state index in [1.54, 1.807) is 53.2 Å². The third-order valence-corrected chi connectivity index (χ3v) is 5.63. The summed E-state index contributed by atoms with van der Waals surface area (Å²) in [6.07, 6.45) is 0. The molecule has 0 unspecified atom stereocenters. The highest BCUT2D eigenvalue weighted by molar-refractivity contribution is 7.13. The molecule has 0 aliphatic carbocycles. The van der Waals surface area contributed by atoms with Gasteiger partial charge in [-0.2, -0.15) is 5.10 Å². The van der Waals surface area contributed by atoms with Crippen LogP contribution >= 0.6 is 34.5 Å². The number of carbonyl (C=O) groups excluding carboxylic acids is 2. The van der Waals surface area contributed by atoms with Crippen molar-refractivity contribution in [1.29, 1.82) is 0 Å². The number of rotatable bonds is 7. The third kappa shape index (κ3) is 5.11. The molecular weight excluding hydrogens is 471 g/mol. The zero-order valence-corrected chi connectivity index (χ0v) is 18.7. The average Bonchev–Trinajstić information content (AvgIpc) is 3.42. The molecule has 0 aliphatic heterocycles. The molecule has 0 saturated heterocycles. The lowest BCUT2D eigenvalue weighted by Gasteiger charge is -2.07. The molecule has 0 aliphatic rings. The fraction of sp³-hybridized carbons (Fsp3) is 0.0455. The number of thiophene rings is 1. The van der Waals surface area contributed by atoms with Gasteiger partial charge in [0.1, 0.15) is 5.75 Å². The maximum atomic E-state index is 12.9. The van der Waals surface area contributed by atoms with Crippen LogP contribution in [0.4, 0.5) is 5.69 Å². The Kier molecular flexibility index (Phi) is 6.45. The van der Waals surface area contributed by atoms with Gasteiger partial charge in [-0.3, -0.25) is 9.59 Å². The largest absolute Gasteiger partial charge is 0.484 e. The maximum Gasteiger partial charge on any atom is 0.276 e. The van der Waals surface area contributed by atoms with Crippen molar-refractivity contribution in [2.75, 3.05) is 11.9 Å². The Bertz CT molecular complexity index is 1250. The van der Waals surface area contributed by atoms with Crippen molar-refractivity contribution in [2.24, 2.45) is 5.73 Å². The molecule has 2 heterocycles. The number of nitrogens with one attached hydrogen (secondary N) is 1. The first-order valence-electron chi connectivity index (χ1n) is 9.32. The number of hydrogen-bond acceptors (Lipinski definition) is 5. The molecule has 32 heavy (non-hydrogen) atoms. The monoisotopic (exact) mass is 486 g/mol. The van der Waals surface area contributed by atoms with E-state index in [-0.39, 0.29) is 18.2 Å². The van der Waals surface area contributed by atoms with E-state index in [4.69, 9.17) is 33.7 Å². The van der Waals surface area contributed by atoms with E-state index >= 15 is 0 Å². The number of nitrogens with two attached hydrogens (primary N) is 1. The minimum absolute atomic E-state index is 0.220. The Balaban J connectivity index is 1.61. The van der Waals surface area contributed by atoms with E-state index in [0.29, 0.717) is 27.2 Å². The molecule has 0 spiro atoms. The molecule has 0 radical (unpaired) electrons. The summed E-state index contributed by atoms with van der Waals surface area (Å²) in [4.78, 5) is 24.6. The number of hydrogen-bond donors (Lipinski definition) is 2. The van der Waals surface area contributed by atoms with Crippen LogP contribution in [0.25, 0.3) is 16.3 Å². The van der Waals surface area contributed by atoms with Crippen LogP contribution in [0.3, 0.4) is 0 Å². The van der Waals surface area contributed by atoms with Gasteiger partial charge in [-0.15, -0.1) is 11.3 Å². The molecule has 4 rings (SSSR count). The first kappa shape index (κ1) is 21.9. The molecule has 7 nitrogen and oxygen atoms in total. The molecule has 0 saturated carbocycles. The molecule has 2 aromatic heterocycles. The molecule has 0 fully saturated rings. The van der Waals surface area contributed by atoms with E-state index < -0.39 is 5.91 Å². The van der Waals surface area contributed by atoms with Gasteiger partial charge >= 0.3 is 0 Å². The topological polar surface area (TPSA) is 99.2 Å². The minimum atomic E-state index is -0.569. The van der Waals surface area contributed by atoms with Crippen LogP contribution in [0.1, 0.15) is 10.5 Å². The molecule has 0 bridgehead atoms. The van der Waals surface area contributed by atoms with Gasteiger partial charge < -0.3 is 15.8 Å². The minimum Gasteiger partial charge on any atom is -0.484 e. The number of ether oxygens (including phenoxy) is 1. The lowest BCUT2D eigenvalue weighted by atomic mass is 10.2. The Hall–Kier alpha value is -3.33. The van der Waals surface area contributed by atoms with Crippen molar-refractivity contribution >= 4 is 52.0 Å². The van der Waals surface area contributed by atoms with Crippen LogP contribution in [0.5, 0.6) is 5.75 Å². The van der Waals surface area contributed by atoms with E-state index in [1.165, 1.54) is 11.3 Å². The van der Waals surface area contributed by atoms with Crippen molar-refractivity contribution in [1.82, 2.24) is 9.78 Å². The summed E-state index contributed by atoms with van der Waals surface area (Å²) < 4.78 is 6.86. The first-order chi connectivity index (χ1) is 15.4. The smallest absolute Gasteiger partial charge is 0.276 e. The predicted molar refractivity (Wildman–Crippen MR) is 126 cm³/mol. The van der Waals surface area contributed by atoms with Crippen LogP contribution in [-0.4, -0.2) is 28.2 Å². The molecule has 0 atom stereocenters. The van der Waals surface area contributed by atoms with Crippen molar-refractivity contribution in [3.8, 4) is 22.0 Å². The summed E-state index contributed by atoms with van der Waals surface area (Å²) in [7, 11) is 0. The van der Waals surface area contributed by atoms with E-state index in [9.17, 15) is 9.59 Å². The summed E-state index contributed by atoms with van der Waals surface area (Å²) in [6, 6.07) is 17.2. The maximum absolute atomic E-state index is 12.9. The summed E-state index contributed by atoms with van der Waals surface area (Å²) >= 11 is 13.9. The second kappa shape index (κ2) is 9.44. The lowest BCUT2D eigenvalue weighted by molar-refractivity contribution is -0.119. The molecule has 2 aromatic carbocycles. The molecule has 10 heteroatoms. The second-order valence-corrected chi connectivity index (χ2v) is 8.49. The molecule has 3 N–H and O–H groups in total. The lowest BCUT2D eigenvalue weighted by Crippen LogP contribution is -2.20. The van der Waals surface area contributed by atoms with Gasteiger partial charge in [-0.1, -0.05) is 29.3 Å². The quantitative estimate of drug-likeness (QED) is 0.382. The zero-order valence-electron chi connectivity index (χ0n) is 16.4. The number of aromatic nitrogens is 2. The highest BCUT2D eigenvalue weighted by Crippen LogP contribution is 2.30. The SMILES string of the molecule is NC(=O)COc1ccc(NC(=O)c2cc(-c3cccs3)n(-c3cc(Cl)cc(Cl)c3)n2)cc1. The number of amides is 2. The first-order valence-corrected chi connectivity index (χ1v) is 11.0. The van der Waals surface area contributed by atoms with Gasteiger partial charge in [-0.05, 0) is 60.0 Å². The van der Waals surface area contributed by atoms with Gasteiger partial charge in [0.25, 0.3) is 11.8 Å². The highest BCUT2D eigenvalue weighted by atomic mass is 35.5. The number of primary amides is 1. The fourth-order valence-electron chi connectivity index (χ4n) is 2.93. The average molecular weight is 487 g/mol. The normalized spacial score (nSPS) is 10.7. The van der Waals surface area contributed by atoms with Gasteiger partial charge in [-0.25, -0.2) is 4.68 Å². The Morgan fingerprint density at radius 3 is 2.41 bits per heavy atom. The highest BCUT2D eigenvalue weighted by Gasteiger charge is 2.18. The number of benzene rings is 2. The van der Waals surface area contributed by atoms with Crippen molar-refractivity contribution < 1.29 is 14.3 Å². The standard InChI is InChI=1S/C22H16Cl2N4O3S/c23-13-8-14(24)10-16(9-13)28-19(20-2-1-7-32-20)11-18(27-28)22(30)26-15-3-5-17(6-4-15)31-12-21(25)29/h1-11H,12H2,(H2,25,29)(H,26,30). The van der Waals surface area contributed by atoms with Crippen LogP contribution < -0.4 is 15.8 Å². The molecule has 4 aromatic rings. The Morgan fingerprint density at radius 2 is 1.78 bits per heavy atom. The summed E-state index contributed by atoms with van der Waals surface area (Å²) in [6.45, 7) is -0.220. The van der Waals surface area contributed by atoms with Crippen LogP contribution in [-0.2, 0) is 4.79 Å². The van der Waals surface area contributed by atoms with Crippen LogP contribution in [0, 0.1) is 0 Å². The number of anilines is 1.